The van der Waals surface area contributed by atoms with E-state index in [9.17, 15) is 0 Å². The van der Waals surface area contributed by atoms with Crippen molar-refractivity contribution in [2.45, 2.75) is 39.2 Å². The van der Waals surface area contributed by atoms with Gasteiger partial charge in [-0.1, -0.05) is 44.2 Å². The number of likely N-dealkylation sites (N-methyl/N-ethyl adjacent to an activating group) is 1. The standard InChI is InChI=1S/C23H39N5.HI/c1-5-26-13-15-27(16-14-26)20(3)17-25-23(24-4)28-12-11-22(19(2)18-28)21-9-7-6-8-10-21;/h6-10,19-20,22H,5,11-18H2,1-4H3,(H,24,25);1H. The fourth-order valence-corrected chi connectivity index (χ4v) is 4.75. The van der Waals surface area contributed by atoms with Gasteiger partial charge in [0.15, 0.2) is 5.96 Å². The minimum atomic E-state index is 0. The minimum Gasteiger partial charge on any atom is -0.355 e. The molecule has 1 N–H and O–H groups in total. The van der Waals surface area contributed by atoms with Crippen LogP contribution < -0.4 is 5.32 Å². The lowest BCUT2D eigenvalue weighted by Crippen LogP contribution is -2.54. The third-order valence-electron chi connectivity index (χ3n) is 6.68. The number of piperidine rings is 1. The summed E-state index contributed by atoms with van der Waals surface area (Å²) in [5.74, 6) is 2.36. The van der Waals surface area contributed by atoms with E-state index < -0.39 is 0 Å². The van der Waals surface area contributed by atoms with Crippen LogP contribution in [0.5, 0.6) is 0 Å². The second kappa shape index (κ2) is 12.1. The smallest absolute Gasteiger partial charge is 0.193 e. The van der Waals surface area contributed by atoms with E-state index in [0.29, 0.717) is 17.9 Å². The summed E-state index contributed by atoms with van der Waals surface area (Å²) in [6.45, 7) is 16.0. The van der Waals surface area contributed by atoms with Gasteiger partial charge in [0.25, 0.3) is 0 Å². The van der Waals surface area contributed by atoms with Gasteiger partial charge in [0.1, 0.15) is 0 Å². The number of rotatable bonds is 5. The molecule has 1 aromatic rings. The molecule has 0 spiro atoms. The van der Waals surface area contributed by atoms with Gasteiger partial charge in [-0.15, -0.1) is 24.0 Å². The topological polar surface area (TPSA) is 34.1 Å². The Hall–Kier alpha value is -0.860. The molecule has 3 atom stereocenters. The summed E-state index contributed by atoms with van der Waals surface area (Å²) in [6, 6.07) is 11.5. The molecule has 6 heteroatoms. The molecule has 0 aromatic heterocycles. The van der Waals surface area contributed by atoms with E-state index in [2.05, 4.69) is 76.1 Å². The average Bonchev–Trinajstić information content (AvgIpc) is 2.75. The van der Waals surface area contributed by atoms with Crippen LogP contribution in [-0.4, -0.2) is 86.1 Å². The summed E-state index contributed by atoms with van der Waals surface area (Å²) < 4.78 is 0. The SMILES string of the molecule is CCN1CCN(C(C)CNC(=NC)N2CCC(c3ccccc3)C(C)C2)CC1.I. The molecule has 0 bridgehead atoms. The largest absolute Gasteiger partial charge is 0.355 e. The van der Waals surface area contributed by atoms with Gasteiger partial charge in [0, 0.05) is 58.9 Å². The van der Waals surface area contributed by atoms with Gasteiger partial charge in [-0.2, -0.15) is 0 Å². The normalized spacial score (nSPS) is 25.4. The predicted octanol–water partition coefficient (Wildman–Crippen LogP) is 3.33. The van der Waals surface area contributed by atoms with Crippen LogP contribution >= 0.6 is 24.0 Å². The number of aliphatic imine (C=N–C) groups is 1. The van der Waals surface area contributed by atoms with Gasteiger partial charge < -0.3 is 15.1 Å². The third kappa shape index (κ3) is 6.56. The van der Waals surface area contributed by atoms with Gasteiger partial charge >= 0.3 is 0 Å². The van der Waals surface area contributed by atoms with Crippen LogP contribution in [0.15, 0.2) is 35.3 Å². The second-order valence-electron chi connectivity index (χ2n) is 8.48. The molecule has 0 saturated carbocycles. The van der Waals surface area contributed by atoms with Crippen LogP contribution in [0.4, 0.5) is 0 Å². The van der Waals surface area contributed by atoms with E-state index in [1.54, 1.807) is 0 Å². The molecule has 3 rings (SSSR count). The number of nitrogens with zero attached hydrogens (tertiary/aromatic N) is 4. The maximum absolute atomic E-state index is 4.59. The highest BCUT2D eigenvalue weighted by molar-refractivity contribution is 14.0. The molecule has 0 radical (unpaired) electrons. The molecule has 0 amide bonds. The van der Waals surface area contributed by atoms with Gasteiger partial charge in [-0.3, -0.25) is 9.89 Å². The van der Waals surface area contributed by atoms with Crippen molar-refractivity contribution in [3.05, 3.63) is 35.9 Å². The summed E-state index contributed by atoms with van der Waals surface area (Å²) in [6.07, 6.45) is 1.19. The number of piperazine rings is 1. The number of halogens is 1. The summed E-state index contributed by atoms with van der Waals surface area (Å²) in [7, 11) is 1.92. The number of guanidine groups is 1. The minimum absolute atomic E-state index is 0. The van der Waals surface area contributed by atoms with Crippen molar-refractivity contribution >= 4 is 29.9 Å². The molecule has 1 aromatic carbocycles. The van der Waals surface area contributed by atoms with Crippen molar-refractivity contribution < 1.29 is 0 Å². The molecule has 2 saturated heterocycles. The molecule has 5 nitrogen and oxygen atoms in total. The highest BCUT2D eigenvalue weighted by Crippen LogP contribution is 2.32. The van der Waals surface area contributed by atoms with Crippen molar-refractivity contribution in [1.82, 2.24) is 20.0 Å². The fourth-order valence-electron chi connectivity index (χ4n) is 4.75. The molecule has 2 fully saturated rings. The lowest BCUT2D eigenvalue weighted by atomic mass is 9.82. The average molecular weight is 514 g/mol. The van der Waals surface area contributed by atoms with E-state index in [0.717, 1.165) is 25.6 Å². The van der Waals surface area contributed by atoms with E-state index in [4.69, 9.17) is 0 Å². The number of nitrogens with one attached hydrogen (secondary N) is 1. The number of hydrogen-bond acceptors (Lipinski definition) is 3. The highest BCUT2D eigenvalue weighted by Gasteiger charge is 2.29. The lowest BCUT2D eigenvalue weighted by molar-refractivity contribution is 0.106. The summed E-state index contributed by atoms with van der Waals surface area (Å²) >= 11 is 0. The summed E-state index contributed by atoms with van der Waals surface area (Å²) in [5.41, 5.74) is 1.48. The quantitative estimate of drug-likeness (QED) is 0.372. The van der Waals surface area contributed by atoms with E-state index >= 15 is 0 Å². The zero-order valence-electron chi connectivity index (χ0n) is 18.7. The lowest BCUT2D eigenvalue weighted by Gasteiger charge is -2.40. The Bertz CT molecular complexity index is 615. The van der Waals surface area contributed by atoms with E-state index in [1.165, 1.54) is 44.7 Å². The van der Waals surface area contributed by atoms with Gasteiger partial charge in [0.05, 0.1) is 0 Å². The molecule has 2 aliphatic heterocycles. The molecule has 164 valence electrons. The molecular weight excluding hydrogens is 473 g/mol. The first kappa shape index (κ1) is 24.4. The maximum atomic E-state index is 4.59. The first-order chi connectivity index (χ1) is 13.6. The molecule has 29 heavy (non-hydrogen) atoms. The Morgan fingerprint density at radius 1 is 1.14 bits per heavy atom. The first-order valence-corrected chi connectivity index (χ1v) is 11.1. The van der Waals surface area contributed by atoms with Crippen molar-refractivity contribution in [2.75, 3.05) is 59.4 Å². The molecule has 0 aliphatic carbocycles. The molecular formula is C23H40IN5. The molecule has 2 aliphatic rings. The fraction of sp³-hybridized carbons (Fsp3) is 0.696. The Morgan fingerprint density at radius 3 is 2.41 bits per heavy atom. The van der Waals surface area contributed by atoms with Crippen LogP contribution in [0, 0.1) is 5.92 Å². The van der Waals surface area contributed by atoms with Crippen molar-refractivity contribution in [3.8, 4) is 0 Å². The third-order valence-corrected chi connectivity index (χ3v) is 6.68. The molecule has 3 unspecified atom stereocenters. The number of benzene rings is 1. The Morgan fingerprint density at radius 2 is 1.83 bits per heavy atom. The van der Waals surface area contributed by atoms with Crippen LogP contribution in [0.2, 0.25) is 0 Å². The van der Waals surface area contributed by atoms with Crippen molar-refractivity contribution in [3.63, 3.8) is 0 Å². The number of likely N-dealkylation sites (tertiary alicyclic amines) is 1. The predicted molar refractivity (Wildman–Crippen MR) is 134 cm³/mol. The monoisotopic (exact) mass is 513 g/mol. The molecule has 2 heterocycles. The van der Waals surface area contributed by atoms with E-state index in [-0.39, 0.29) is 24.0 Å². The highest BCUT2D eigenvalue weighted by atomic mass is 127. The Kier molecular flexibility index (Phi) is 10.2. The maximum Gasteiger partial charge on any atom is 0.193 e. The van der Waals surface area contributed by atoms with Crippen LogP contribution in [0.3, 0.4) is 0 Å². The van der Waals surface area contributed by atoms with Crippen molar-refractivity contribution in [1.29, 1.82) is 0 Å². The van der Waals surface area contributed by atoms with Gasteiger partial charge in [-0.05, 0) is 37.3 Å². The van der Waals surface area contributed by atoms with Crippen LogP contribution in [0.25, 0.3) is 0 Å². The Balaban J connectivity index is 0.00000300. The van der Waals surface area contributed by atoms with Gasteiger partial charge in [-0.25, -0.2) is 0 Å². The van der Waals surface area contributed by atoms with E-state index in [1.807, 2.05) is 7.05 Å². The van der Waals surface area contributed by atoms with Crippen LogP contribution in [-0.2, 0) is 0 Å². The first-order valence-electron chi connectivity index (χ1n) is 11.1. The Labute approximate surface area is 194 Å². The van der Waals surface area contributed by atoms with Gasteiger partial charge in [0.2, 0.25) is 0 Å². The van der Waals surface area contributed by atoms with Crippen molar-refractivity contribution in [2.24, 2.45) is 10.9 Å². The summed E-state index contributed by atoms with van der Waals surface area (Å²) in [4.78, 5) is 12.2. The zero-order valence-corrected chi connectivity index (χ0v) is 21.0. The number of hydrogen-bond donors (Lipinski definition) is 1. The summed E-state index contributed by atoms with van der Waals surface area (Å²) in [5, 5.41) is 3.66. The van der Waals surface area contributed by atoms with Crippen LogP contribution in [0.1, 0.15) is 38.7 Å². The zero-order chi connectivity index (χ0) is 19.9. The second-order valence-corrected chi connectivity index (χ2v) is 8.48.